The molecule has 1 amide bonds. The van der Waals surface area contributed by atoms with Gasteiger partial charge in [-0.05, 0) is 56.2 Å². The third-order valence-electron chi connectivity index (χ3n) is 4.66. The first-order valence-electron chi connectivity index (χ1n) is 10.2. The SMILES string of the molecule is CN(Cc1ccc(-n2cnn(Cc3cccc(C(F)(F)F)c3)c2=O)cc1)C(=O)OC(C)(C)C. The number of aromatic nitrogens is 3. The molecule has 176 valence electrons. The lowest BCUT2D eigenvalue weighted by Crippen LogP contribution is -2.33. The van der Waals surface area contributed by atoms with Gasteiger partial charge in [-0.1, -0.05) is 24.3 Å². The molecule has 33 heavy (non-hydrogen) atoms. The minimum Gasteiger partial charge on any atom is -0.444 e. The summed E-state index contributed by atoms with van der Waals surface area (Å²) in [6, 6.07) is 11.7. The lowest BCUT2D eigenvalue weighted by molar-refractivity contribution is -0.137. The highest BCUT2D eigenvalue weighted by molar-refractivity contribution is 5.67. The van der Waals surface area contributed by atoms with Gasteiger partial charge < -0.3 is 9.64 Å². The molecule has 7 nitrogen and oxygen atoms in total. The van der Waals surface area contributed by atoms with Crippen molar-refractivity contribution in [3.63, 3.8) is 0 Å². The molecule has 0 fully saturated rings. The summed E-state index contributed by atoms with van der Waals surface area (Å²) in [4.78, 5) is 26.3. The largest absolute Gasteiger partial charge is 0.444 e. The fourth-order valence-corrected chi connectivity index (χ4v) is 3.08. The van der Waals surface area contributed by atoms with E-state index >= 15 is 0 Å². The maximum Gasteiger partial charge on any atom is 0.416 e. The Morgan fingerprint density at radius 1 is 1.06 bits per heavy atom. The molecule has 0 bridgehead atoms. The molecule has 0 saturated heterocycles. The maximum absolute atomic E-state index is 12.9. The van der Waals surface area contributed by atoms with E-state index in [0.717, 1.165) is 22.4 Å². The summed E-state index contributed by atoms with van der Waals surface area (Å²) in [6.07, 6.45) is -3.59. The van der Waals surface area contributed by atoms with Crippen molar-refractivity contribution >= 4 is 6.09 Å². The van der Waals surface area contributed by atoms with E-state index in [1.165, 1.54) is 27.9 Å². The van der Waals surface area contributed by atoms with Gasteiger partial charge in [0.1, 0.15) is 11.9 Å². The van der Waals surface area contributed by atoms with Gasteiger partial charge >= 0.3 is 18.0 Å². The van der Waals surface area contributed by atoms with Crippen LogP contribution in [0.15, 0.2) is 59.7 Å². The van der Waals surface area contributed by atoms with Gasteiger partial charge in [-0.3, -0.25) is 0 Å². The van der Waals surface area contributed by atoms with Crippen molar-refractivity contribution in [3.8, 4) is 5.69 Å². The Morgan fingerprint density at radius 3 is 2.33 bits per heavy atom. The summed E-state index contributed by atoms with van der Waals surface area (Å²) in [7, 11) is 1.63. The molecule has 2 aromatic carbocycles. The summed E-state index contributed by atoms with van der Waals surface area (Å²) >= 11 is 0. The molecule has 0 spiro atoms. The van der Waals surface area contributed by atoms with Crippen molar-refractivity contribution < 1.29 is 22.7 Å². The predicted octanol–water partition coefficient (Wildman–Crippen LogP) is 4.47. The normalized spacial score (nSPS) is 12.0. The van der Waals surface area contributed by atoms with Crippen LogP contribution in [0.25, 0.3) is 5.69 Å². The standard InChI is InChI=1S/C23H25F3N4O3/c1-22(2,3)33-21(32)28(4)13-16-8-10-19(11-9-16)29-15-27-30(20(29)31)14-17-6-5-7-18(12-17)23(24,25)26/h5-12,15H,13-14H2,1-4H3. The number of carbonyl (C=O) groups excluding carboxylic acids is 1. The Hall–Kier alpha value is -3.56. The van der Waals surface area contributed by atoms with E-state index in [9.17, 15) is 22.8 Å². The number of halogens is 3. The van der Waals surface area contributed by atoms with Gasteiger partial charge in [-0.25, -0.2) is 18.8 Å². The van der Waals surface area contributed by atoms with Gasteiger partial charge in [0.2, 0.25) is 0 Å². The molecular formula is C23H25F3N4O3. The lowest BCUT2D eigenvalue weighted by Gasteiger charge is -2.24. The van der Waals surface area contributed by atoms with Gasteiger partial charge in [0.15, 0.2) is 0 Å². The van der Waals surface area contributed by atoms with Crippen LogP contribution >= 0.6 is 0 Å². The number of alkyl halides is 3. The first-order chi connectivity index (χ1) is 15.3. The first-order valence-corrected chi connectivity index (χ1v) is 10.2. The number of benzene rings is 2. The average Bonchev–Trinajstić information content (AvgIpc) is 3.07. The highest BCUT2D eigenvalue weighted by atomic mass is 19.4. The Labute approximate surface area is 189 Å². The number of amides is 1. The first kappa shape index (κ1) is 24.1. The molecule has 3 aromatic rings. The second-order valence-corrected chi connectivity index (χ2v) is 8.64. The van der Waals surface area contributed by atoms with E-state index in [1.54, 1.807) is 52.1 Å². The molecule has 0 aliphatic rings. The Balaban J connectivity index is 1.72. The number of hydrogen-bond donors (Lipinski definition) is 0. The highest BCUT2D eigenvalue weighted by Gasteiger charge is 2.30. The highest BCUT2D eigenvalue weighted by Crippen LogP contribution is 2.29. The fourth-order valence-electron chi connectivity index (χ4n) is 3.08. The zero-order valence-corrected chi connectivity index (χ0v) is 18.8. The summed E-state index contributed by atoms with van der Waals surface area (Å²) in [5.74, 6) is 0. The third kappa shape index (κ3) is 6.24. The Morgan fingerprint density at radius 2 is 1.73 bits per heavy atom. The number of rotatable bonds is 5. The minimum absolute atomic E-state index is 0.0888. The van der Waals surface area contributed by atoms with Crippen molar-refractivity contribution in [2.75, 3.05) is 7.05 Å². The average molecular weight is 462 g/mol. The van der Waals surface area contributed by atoms with Crippen LogP contribution in [0.5, 0.6) is 0 Å². The Kier molecular flexibility index (Phi) is 6.66. The van der Waals surface area contributed by atoms with Gasteiger partial charge in [-0.15, -0.1) is 0 Å². The van der Waals surface area contributed by atoms with Crippen molar-refractivity contribution in [2.45, 2.75) is 45.6 Å². The second-order valence-electron chi connectivity index (χ2n) is 8.64. The zero-order chi connectivity index (χ0) is 24.4. The molecule has 0 atom stereocenters. The van der Waals surface area contributed by atoms with Gasteiger partial charge in [0.05, 0.1) is 17.8 Å². The van der Waals surface area contributed by atoms with Crippen LogP contribution in [0, 0.1) is 0 Å². The smallest absolute Gasteiger partial charge is 0.416 e. The number of hydrogen-bond acceptors (Lipinski definition) is 4. The maximum atomic E-state index is 12.9. The molecule has 1 aromatic heterocycles. The molecule has 0 unspecified atom stereocenters. The van der Waals surface area contributed by atoms with Gasteiger partial charge in [0, 0.05) is 13.6 Å². The topological polar surface area (TPSA) is 69.4 Å². The number of ether oxygens (including phenoxy) is 1. The number of nitrogens with zero attached hydrogens (tertiary/aromatic N) is 4. The van der Waals surface area contributed by atoms with Crippen LogP contribution in [0.2, 0.25) is 0 Å². The van der Waals surface area contributed by atoms with E-state index < -0.39 is 29.1 Å². The lowest BCUT2D eigenvalue weighted by atomic mass is 10.1. The molecule has 1 heterocycles. The van der Waals surface area contributed by atoms with Crippen molar-refractivity contribution in [1.82, 2.24) is 19.2 Å². The van der Waals surface area contributed by atoms with Crippen molar-refractivity contribution in [3.05, 3.63) is 82.0 Å². The van der Waals surface area contributed by atoms with Crippen LogP contribution in [-0.2, 0) is 24.0 Å². The second kappa shape index (κ2) is 9.13. The molecule has 3 rings (SSSR count). The molecule has 0 N–H and O–H groups in total. The van der Waals surface area contributed by atoms with Crippen molar-refractivity contribution in [1.29, 1.82) is 0 Å². The Bertz CT molecular complexity index is 1180. The summed E-state index contributed by atoms with van der Waals surface area (Å²) < 4.78 is 46.5. The van der Waals surface area contributed by atoms with E-state index in [2.05, 4.69) is 5.10 Å². The fraction of sp³-hybridized carbons (Fsp3) is 0.348. The quantitative estimate of drug-likeness (QED) is 0.561. The summed E-state index contributed by atoms with van der Waals surface area (Å²) in [5, 5.41) is 4.02. The molecular weight excluding hydrogens is 437 g/mol. The zero-order valence-electron chi connectivity index (χ0n) is 18.8. The van der Waals surface area contributed by atoms with Crippen LogP contribution in [0.3, 0.4) is 0 Å². The van der Waals surface area contributed by atoms with E-state index in [-0.39, 0.29) is 6.54 Å². The van der Waals surface area contributed by atoms with Crippen LogP contribution in [0.1, 0.15) is 37.5 Å². The van der Waals surface area contributed by atoms with E-state index in [4.69, 9.17) is 4.74 Å². The third-order valence-corrected chi connectivity index (χ3v) is 4.66. The van der Waals surface area contributed by atoms with Crippen molar-refractivity contribution in [2.24, 2.45) is 0 Å². The van der Waals surface area contributed by atoms with E-state index in [0.29, 0.717) is 17.8 Å². The van der Waals surface area contributed by atoms with Crippen LogP contribution in [0.4, 0.5) is 18.0 Å². The van der Waals surface area contributed by atoms with Gasteiger partial charge in [0.25, 0.3) is 0 Å². The minimum atomic E-state index is -4.46. The van der Waals surface area contributed by atoms with Gasteiger partial charge in [-0.2, -0.15) is 18.3 Å². The van der Waals surface area contributed by atoms with E-state index in [1.807, 2.05) is 0 Å². The molecule has 0 aliphatic heterocycles. The monoisotopic (exact) mass is 462 g/mol. The van der Waals surface area contributed by atoms with Crippen LogP contribution < -0.4 is 5.69 Å². The summed E-state index contributed by atoms with van der Waals surface area (Å²) in [6.45, 7) is 5.60. The van der Waals surface area contributed by atoms with Crippen LogP contribution in [-0.4, -0.2) is 38.0 Å². The molecule has 0 saturated carbocycles. The predicted molar refractivity (Wildman–Crippen MR) is 116 cm³/mol. The molecule has 0 aliphatic carbocycles. The molecule has 0 radical (unpaired) electrons. The summed E-state index contributed by atoms with van der Waals surface area (Å²) in [5.41, 5.74) is -0.163. The number of carbonyl (C=O) groups is 1. The molecule has 10 heteroatoms.